The molecule has 0 bridgehead atoms. The van der Waals surface area contributed by atoms with Gasteiger partial charge in [-0.3, -0.25) is 9.89 Å². The average Bonchev–Trinajstić information content (AvgIpc) is 3.31. The SMILES string of the molecule is O=C(Nc1cn[nH]c1-c1ncc(-c2ccc(F)cc2)[nH]1)c1c(F)cccc1F. The van der Waals surface area contributed by atoms with Gasteiger partial charge in [-0.1, -0.05) is 6.07 Å². The van der Waals surface area contributed by atoms with Gasteiger partial charge in [0, 0.05) is 0 Å². The zero-order chi connectivity index (χ0) is 19.7. The number of rotatable bonds is 4. The fourth-order valence-electron chi connectivity index (χ4n) is 2.69. The Morgan fingerprint density at radius 2 is 1.68 bits per heavy atom. The molecule has 0 saturated carbocycles. The monoisotopic (exact) mass is 383 g/mol. The summed E-state index contributed by atoms with van der Waals surface area (Å²) in [7, 11) is 0. The fourth-order valence-corrected chi connectivity index (χ4v) is 2.69. The van der Waals surface area contributed by atoms with Crippen molar-refractivity contribution in [1.29, 1.82) is 0 Å². The van der Waals surface area contributed by atoms with E-state index in [1.54, 1.807) is 12.1 Å². The van der Waals surface area contributed by atoms with Gasteiger partial charge in [-0.2, -0.15) is 5.10 Å². The summed E-state index contributed by atoms with van der Waals surface area (Å²) in [5, 5.41) is 8.94. The fraction of sp³-hybridized carbons (Fsp3) is 0. The summed E-state index contributed by atoms with van der Waals surface area (Å²) in [5.74, 6) is -2.93. The third kappa shape index (κ3) is 3.25. The number of nitrogens with one attached hydrogen (secondary N) is 3. The number of halogens is 3. The first-order chi connectivity index (χ1) is 13.5. The minimum absolute atomic E-state index is 0.188. The van der Waals surface area contributed by atoms with Gasteiger partial charge in [-0.15, -0.1) is 0 Å². The van der Waals surface area contributed by atoms with E-state index < -0.39 is 23.1 Å². The van der Waals surface area contributed by atoms with Crippen molar-refractivity contribution >= 4 is 11.6 Å². The normalized spacial score (nSPS) is 10.8. The van der Waals surface area contributed by atoms with E-state index in [1.165, 1.54) is 30.6 Å². The molecule has 0 radical (unpaired) electrons. The van der Waals surface area contributed by atoms with E-state index in [1.807, 2.05) is 0 Å². The summed E-state index contributed by atoms with van der Waals surface area (Å²) in [5.41, 5.74) is 1.13. The number of amides is 1. The lowest BCUT2D eigenvalue weighted by atomic mass is 10.1. The highest BCUT2D eigenvalue weighted by Crippen LogP contribution is 2.27. The third-order valence-electron chi connectivity index (χ3n) is 4.05. The number of carbonyl (C=O) groups excluding carboxylic acids is 1. The van der Waals surface area contributed by atoms with Crippen LogP contribution in [0.2, 0.25) is 0 Å². The van der Waals surface area contributed by atoms with Crippen LogP contribution in [0, 0.1) is 17.5 Å². The maximum atomic E-state index is 13.8. The van der Waals surface area contributed by atoms with Gasteiger partial charge in [0.15, 0.2) is 5.82 Å². The standard InChI is InChI=1S/C19H12F3N5O/c20-11-6-4-10(5-7-11)14-8-23-18(25-14)17-15(9-24-27-17)26-19(28)16-12(21)2-1-3-13(16)22/h1-9H,(H,23,25)(H,24,27)(H,26,28). The Kier molecular flexibility index (Phi) is 4.40. The van der Waals surface area contributed by atoms with Gasteiger partial charge in [-0.25, -0.2) is 18.2 Å². The number of nitrogens with zero attached hydrogens (tertiary/aromatic N) is 2. The smallest absolute Gasteiger partial charge is 0.261 e. The summed E-state index contributed by atoms with van der Waals surface area (Å²) in [6.07, 6.45) is 2.83. The van der Waals surface area contributed by atoms with Crippen LogP contribution in [0.3, 0.4) is 0 Å². The number of imidazole rings is 1. The molecule has 4 aromatic rings. The molecule has 0 aliphatic heterocycles. The van der Waals surface area contributed by atoms with Crippen LogP contribution in [0.4, 0.5) is 18.9 Å². The second-order valence-electron chi connectivity index (χ2n) is 5.86. The van der Waals surface area contributed by atoms with Crippen LogP contribution < -0.4 is 5.32 Å². The maximum absolute atomic E-state index is 13.8. The van der Waals surface area contributed by atoms with Crippen LogP contribution in [0.15, 0.2) is 54.9 Å². The van der Waals surface area contributed by atoms with Crippen LogP contribution in [-0.2, 0) is 0 Å². The van der Waals surface area contributed by atoms with Crippen molar-refractivity contribution in [1.82, 2.24) is 20.2 Å². The largest absolute Gasteiger partial charge is 0.337 e. The molecule has 9 heteroatoms. The van der Waals surface area contributed by atoms with E-state index in [-0.39, 0.29) is 11.5 Å². The molecule has 0 aliphatic carbocycles. The Bertz CT molecular complexity index is 1130. The molecule has 0 unspecified atom stereocenters. The van der Waals surface area contributed by atoms with Crippen molar-refractivity contribution in [3.05, 3.63) is 77.9 Å². The Morgan fingerprint density at radius 3 is 2.39 bits per heavy atom. The minimum atomic E-state index is -0.973. The number of benzene rings is 2. The second kappa shape index (κ2) is 7.03. The lowest BCUT2D eigenvalue weighted by molar-refractivity contribution is 0.101. The number of anilines is 1. The van der Waals surface area contributed by atoms with E-state index in [0.717, 1.165) is 12.1 Å². The molecule has 2 aromatic carbocycles. The number of hydrogen-bond donors (Lipinski definition) is 3. The molecule has 0 saturated heterocycles. The molecule has 0 aliphatic rings. The molecule has 2 aromatic heterocycles. The number of aromatic amines is 2. The van der Waals surface area contributed by atoms with E-state index in [2.05, 4.69) is 25.5 Å². The Labute approximate surface area is 156 Å². The van der Waals surface area contributed by atoms with Crippen LogP contribution >= 0.6 is 0 Å². The van der Waals surface area contributed by atoms with E-state index in [9.17, 15) is 18.0 Å². The first-order valence-electron chi connectivity index (χ1n) is 8.13. The van der Waals surface area contributed by atoms with Crippen molar-refractivity contribution in [3.8, 4) is 22.8 Å². The lowest BCUT2D eigenvalue weighted by Gasteiger charge is -2.06. The van der Waals surface area contributed by atoms with E-state index in [4.69, 9.17) is 0 Å². The molecule has 4 rings (SSSR count). The molecule has 3 N–H and O–H groups in total. The predicted octanol–water partition coefficient (Wildman–Crippen LogP) is 4.14. The van der Waals surface area contributed by atoms with Gasteiger partial charge < -0.3 is 10.3 Å². The zero-order valence-corrected chi connectivity index (χ0v) is 14.1. The van der Waals surface area contributed by atoms with Gasteiger partial charge in [-0.05, 0) is 42.0 Å². The first-order valence-corrected chi connectivity index (χ1v) is 8.13. The van der Waals surface area contributed by atoms with Gasteiger partial charge in [0.25, 0.3) is 5.91 Å². The van der Waals surface area contributed by atoms with Crippen LogP contribution in [0.25, 0.3) is 22.8 Å². The van der Waals surface area contributed by atoms with Gasteiger partial charge in [0.2, 0.25) is 0 Å². The van der Waals surface area contributed by atoms with Gasteiger partial charge in [0.1, 0.15) is 28.7 Å². The molecular formula is C19H12F3N5O. The van der Waals surface area contributed by atoms with Crippen LogP contribution in [0.5, 0.6) is 0 Å². The number of hydrogen-bond acceptors (Lipinski definition) is 3. The Balaban J connectivity index is 1.62. The molecule has 0 fully saturated rings. The lowest BCUT2D eigenvalue weighted by Crippen LogP contribution is -2.16. The summed E-state index contributed by atoms with van der Waals surface area (Å²) >= 11 is 0. The molecule has 1 amide bonds. The quantitative estimate of drug-likeness (QED) is 0.495. The van der Waals surface area contributed by atoms with Crippen molar-refractivity contribution in [2.75, 3.05) is 5.32 Å². The minimum Gasteiger partial charge on any atom is -0.337 e. The molecule has 0 atom stereocenters. The summed E-state index contributed by atoms with van der Waals surface area (Å²) in [6.45, 7) is 0. The highest BCUT2D eigenvalue weighted by atomic mass is 19.1. The first kappa shape index (κ1) is 17.5. The predicted molar refractivity (Wildman–Crippen MR) is 95.9 cm³/mol. The van der Waals surface area contributed by atoms with Crippen molar-refractivity contribution in [2.24, 2.45) is 0 Å². The van der Waals surface area contributed by atoms with Crippen molar-refractivity contribution < 1.29 is 18.0 Å². The molecule has 2 heterocycles. The number of aromatic nitrogens is 4. The highest BCUT2D eigenvalue weighted by Gasteiger charge is 2.20. The van der Waals surface area contributed by atoms with Crippen molar-refractivity contribution in [2.45, 2.75) is 0 Å². The topological polar surface area (TPSA) is 86.5 Å². The third-order valence-corrected chi connectivity index (χ3v) is 4.05. The van der Waals surface area contributed by atoms with E-state index in [0.29, 0.717) is 22.8 Å². The number of H-pyrrole nitrogens is 2. The average molecular weight is 383 g/mol. The summed E-state index contributed by atoms with van der Waals surface area (Å²) in [4.78, 5) is 19.5. The van der Waals surface area contributed by atoms with Crippen LogP contribution in [0.1, 0.15) is 10.4 Å². The molecular weight excluding hydrogens is 371 g/mol. The molecule has 28 heavy (non-hydrogen) atoms. The Morgan fingerprint density at radius 1 is 0.964 bits per heavy atom. The van der Waals surface area contributed by atoms with Gasteiger partial charge in [0.05, 0.1) is 23.8 Å². The molecule has 0 spiro atoms. The second-order valence-corrected chi connectivity index (χ2v) is 5.86. The molecule has 140 valence electrons. The highest BCUT2D eigenvalue weighted by molar-refractivity contribution is 6.06. The summed E-state index contributed by atoms with van der Waals surface area (Å²) in [6, 6.07) is 8.98. The maximum Gasteiger partial charge on any atom is 0.261 e. The Hall–Kier alpha value is -3.88. The molecule has 6 nitrogen and oxygen atoms in total. The van der Waals surface area contributed by atoms with Crippen molar-refractivity contribution in [3.63, 3.8) is 0 Å². The summed E-state index contributed by atoms with van der Waals surface area (Å²) < 4.78 is 40.7. The number of carbonyl (C=O) groups is 1. The van der Waals surface area contributed by atoms with Crippen LogP contribution in [-0.4, -0.2) is 26.1 Å². The van der Waals surface area contributed by atoms with Gasteiger partial charge >= 0.3 is 0 Å². The zero-order valence-electron chi connectivity index (χ0n) is 14.1. The van der Waals surface area contributed by atoms with E-state index >= 15 is 0 Å².